The molecule has 2 aliphatic heterocycles. The van der Waals surface area contributed by atoms with Crippen molar-refractivity contribution < 1.29 is 14.4 Å². The summed E-state index contributed by atoms with van der Waals surface area (Å²) in [7, 11) is 0. The Morgan fingerprint density at radius 2 is 1.85 bits per heavy atom. The van der Waals surface area contributed by atoms with Crippen LogP contribution in [0.25, 0.3) is 0 Å². The maximum atomic E-state index is 13.1. The van der Waals surface area contributed by atoms with E-state index in [0.29, 0.717) is 37.4 Å². The summed E-state index contributed by atoms with van der Waals surface area (Å²) in [6.45, 7) is 5.54. The average molecular weight is 452 g/mol. The summed E-state index contributed by atoms with van der Waals surface area (Å²) in [5.41, 5.74) is 0.975. The van der Waals surface area contributed by atoms with Crippen LogP contribution in [0.2, 0.25) is 0 Å². The SMILES string of the molecule is CCC1CCC2(CC1)NC(=O)N(CC(=O)N1CCCN(Cc3ccc(C#N)cc3)CC1)C2=O. The molecule has 0 radical (unpaired) electrons. The quantitative estimate of drug-likeness (QED) is 0.694. The first-order valence-electron chi connectivity index (χ1n) is 12.1. The van der Waals surface area contributed by atoms with Crippen molar-refractivity contribution in [2.24, 2.45) is 5.92 Å². The van der Waals surface area contributed by atoms with E-state index in [1.54, 1.807) is 4.90 Å². The Labute approximate surface area is 195 Å². The van der Waals surface area contributed by atoms with Crippen LogP contribution < -0.4 is 5.32 Å². The first-order valence-corrected chi connectivity index (χ1v) is 12.1. The Hall–Kier alpha value is -2.92. The summed E-state index contributed by atoms with van der Waals surface area (Å²) in [5, 5.41) is 11.9. The number of carbonyl (C=O) groups is 3. The molecule has 2 saturated heterocycles. The van der Waals surface area contributed by atoms with Crippen LogP contribution in [0.15, 0.2) is 24.3 Å². The van der Waals surface area contributed by atoms with Crippen LogP contribution in [0.4, 0.5) is 4.79 Å². The molecule has 0 aromatic heterocycles. The van der Waals surface area contributed by atoms with Gasteiger partial charge < -0.3 is 10.2 Å². The fraction of sp³-hybridized carbons (Fsp3) is 0.600. The average Bonchev–Trinajstić information content (AvgIpc) is 2.98. The van der Waals surface area contributed by atoms with Crippen LogP contribution in [-0.4, -0.2) is 70.8 Å². The molecule has 0 unspecified atom stereocenters. The van der Waals surface area contributed by atoms with Gasteiger partial charge in [0.25, 0.3) is 5.91 Å². The highest BCUT2D eigenvalue weighted by molar-refractivity contribution is 6.09. The number of benzene rings is 1. The third-order valence-electron chi connectivity index (χ3n) is 7.51. The molecular weight excluding hydrogens is 418 g/mol. The number of hydrogen-bond acceptors (Lipinski definition) is 5. The number of rotatable bonds is 5. The Kier molecular flexibility index (Phi) is 6.99. The molecule has 1 aliphatic carbocycles. The molecule has 0 atom stereocenters. The van der Waals surface area contributed by atoms with Gasteiger partial charge in [0, 0.05) is 32.7 Å². The summed E-state index contributed by atoms with van der Waals surface area (Å²) < 4.78 is 0. The van der Waals surface area contributed by atoms with Gasteiger partial charge in [0.2, 0.25) is 5.91 Å². The van der Waals surface area contributed by atoms with Gasteiger partial charge in [-0.3, -0.25) is 19.4 Å². The molecule has 1 spiro atoms. The molecule has 33 heavy (non-hydrogen) atoms. The van der Waals surface area contributed by atoms with E-state index in [1.165, 1.54) is 0 Å². The molecule has 4 rings (SSSR count). The number of imide groups is 1. The molecule has 3 fully saturated rings. The molecule has 0 bridgehead atoms. The van der Waals surface area contributed by atoms with E-state index in [2.05, 4.69) is 23.2 Å². The van der Waals surface area contributed by atoms with Crippen LogP contribution in [0.3, 0.4) is 0 Å². The van der Waals surface area contributed by atoms with Crippen LogP contribution in [-0.2, 0) is 16.1 Å². The number of urea groups is 1. The van der Waals surface area contributed by atoms with E-state index < -0.39 is 11.6 Å². The largest absolute Gasteiger partial charge is 0.340 e. The third-order valence-corrected chi connectivity index (χ3v) is 7.51. The molecule has 2 heterocycles. The topological polar surface area (TPSA) is 96.8 Å². The number of hydrogen-bond donors (Lipinski definition) is 1. The highest BCUT2D eigenvalue weighted by Gasteiger charge is 2.52. The molecule has 1 aromatic carbocycles. The number of nitrogens with zero attached hydrogens (tertiary/aromatic N) is 4. The van der Waals surface area contributed by atoms with Crippen molar-refractivity contribution in [1.29, 1.82) is 5.26 Å². The zero-order valence-corrected chi connectivity index (χ0v) is 19.4. The second kappa shape index (κ2) is 9.92. The van der Waals surface area contributed by atoms with Gasteiger partial charge in [-0.25, -0.2) is 4.79 Å². The van der Waals surface area contributed by atoms with Gasteiger partial charge in [0.1, 0.15) is 12.1 Å². The minimum atomic E-state index is -0.806. The summed E-state index contributed by atoms with van der Waals surface area (Å²) in [4.78, 5) is 43.9. The minimum Gasteiger partial charge on any atom is -0.340 e. The van der Waals surface area contributed by atoms with Gasteiger partial charge >= 0.3 is 6.03 Å². The molecular formula is C25H33N5O3. The first-order chi connectivity index (χ1) is 15.9. The molecule has 1 N–H and O–H groups in total. The van der Waals surface area contributed by atoms with Crippen LogP contribution in [0, 0.1) is 17.2 Å². The van der Waals surface area contributed by atoms with E-state index in [1.807, 2.05) is 24.3 Å². The third kappa shape index (κ3) is 5.03. The minimum absolute atomic E-state index is 0.169. The predicted molar refractivity (Wildman–Crippen MR) is 123 cm³/mol. The lowest BCUT2D eigenvalue weighted by Gasteiger charge is -2.34. The van der Waals surface area contributed by atoms with E-state index in [-0.39, 0.29) is 18.4 Å². The lowest BCUT2D eigenvalue weighted by atomic mass is 9.75. The van der Waals surface area contributed by atoms with E-state index in [0.717, 1.165) is 55.8 Å². The number of carbonyl (C=O) groups excluding carboxylic acids is 3. The van der Waals surface area contributed by atoms with Crippen molar-refractivity contribution in [2.75, 3.05) is 32.7 Å². The summed E-state index contributed by atoms with van der Waals surface area (Å²) in [5.74, 6) is 0.214. The van der Waals surface area contributed by atoms with Gasteiger partial charge in [-0.1, -0.05) is 25.5 Å². The maximum Gasteiger partial charge on any atom is 0.325 e. The fourth-order valence-electron chi connectivity index (χ4n) is 5.29. The summed E-state index contributed by atoms with van der Waals surface area (Å²) >= 11 is 0. The maximum absolute atomic E-state index is 13.1. The first kappa shape index (κ1) is 23.2. The van der Waals surface area contributed by atoms with Crippen molar-refractivity contribution in [2.45, 2.75) is 57.5 Å². The molecule has 176 valence electrons. The molecule has 1 saturated carbocycles. The Balaban J connectivity index is 1.31. The molecule has 3 aliphatic rings. The highest BCUT2D eigenvalue weighted by Crippen LogP contribution is 2.37. The number of nitrogens with one attached hydrogen (secondary N) is 1. The van der Waals surface area contributed by atoms with Crippen molar-refractivity contribution in [1.82, 2.24) is 20.0 Å². The zero-order valence-electron chi connectivity index (χ0n) is 19.4. The van der Waals surface area contributed by atoms with Crippen LogP contribution in [0.1, 0.15) is 56.6 Å². The highest BCUT2D eigenvalue weighted by atomic mass is 16.2. The zero-order chi connectivity index (χ0) is 23.4. The summed E-state index contributed by atoms with van der Waals surface area (Å²) in [6.07, 6.45) is 5.13. The van der Waals surface area contributed by atoms with Gasteiger partial charge in [0.15, 0.2) is 0 Å². The van der Waals surface area contributed by atoms with E-state index in [4.69, 9.17) is 5.26 Å². The van der Waals surface area contributed by atoms with Gasteiger partial charge in [-0.15, -0.1) is 0 Å². The van der Waals surface area contributed by atoms with Gasteiger partial charge in [-0.05, 0) is 55.7 Å². The number of amides is 4. The lowest BCUT2D eigenvalue weighted by molar-refractivity contribution is -0.139. The van der Waals surface area contributed by atoms with Crippen molar-refractivity contribution in [3.8, 4) is 6.07 Å². The smallest absolute Gasteiger partial charge is 0.325 e. The van der Waals surface area contributed by atoms with Crippen molar-refractivity contribution >= 4 is 17.8 Å². The fourth-order valence-corrected chi connectivity index (χ4v) is 5.29. The van der Waals surface area contributed by atoms with Crippen LogP contribution >= 0.6 is 0 Å². The lowest BCUT2D eigenvalue weighted by Crippen LogP contribution is -2.50. The molecule has 4 amide bonds. The molecule has 1 aromatic rings. The van der Waals surface area contributed by atoms with E-state index in [9.17, 15) is 14.4 Å². The monoisotopic (exact) mass is 451 g/mol. The van der Waals surface area contributed by atoms with Gasteiger partial charge in [-0.2, -0.15) is 5.26 Å². The second-order valence-electron chi connectivity index (χ2n) is 9.57. The van der Waals surface area contributed by atoms with Gasteiger partial charge in [0.05, 0.1) is 11.6 Å². The Bertz CT molecular complexity index is 930. The predicted octanol–water partition coefficient (Wildman–Crippen LogP) is 2.48. The Morgan fingerprint density at radius 1 is 1.12 bits per heavy atom. The van der Waals surface area contributed by atoms with Crippen molar-refractivity contribution in [3.05, 3.63) is 35.4 Å². The number of nitriles is 1. The molecule has 8 heteroatoms. The van der Waals surface area contributed by atoms with E-state index >= 15 is 0 Å². The normalized spacial score (nSPS) is 26.2. The second-order valence-corrected chi connectivity index (χ2v) is 9.57. The summed E-state index contributed by atoms with van der Waals surface area (Å²) in [6, 6.07) is 9.28. The van der Waals surface area contributed by atoms with Crippen LogP contribution in [0.5, 0.6) is 0 Å². The Morgan fingerprint density at radius 3 is 2.52 bits per heavy atom. The standard InChI is InChI=1S/C25H33N5O3/c1-2-19-8-10-25(11-9-19)23(32)30(24(33)27-25)18-22(31)29-13-3-12-28(14-15-29)17-21-6-4-20(16-26)5-7-21/h4-7,19H,2-3,8-15,17-18H2,1H3,(H,27,33). The van der Waals surface area contributed by atoms with Crippen molar-refractivity contribution in [3.63, 3.8) is 0 Å². The molecule has 8 nitrogen and oxygen atoms in total.